The second kappa shape index (κ2) is 8.86. The maximum absolute atomic E-state index is 13.8. The number of hydrogen-bond acceptors (Lipinski definition) is 6. The van der Waals surface area contributed by atoms with E-state index in [9.17, 15) is 10.1 Å². The van der Waals surface area contributed by atoms with E-state index < -0.39 is 5.92 Å². The number of ether oxygens (including phenoxy) is 3. The number of nitrogens with two attached hydrogens (primary N) is 1. The Morgan fingerprint density at radius 3 is 2.71 bits per heavy atom. The Bertz CT molecular complexity index is 1090. The Kier molecular flexibility index (Phi) is 6.01. The molecule has 3 heterocycles. The van der Waals surface area contributed by atoms with Gasteiger partial charge in [0.1, 0.15) is 23.1 Å². The van der Waals surface area contributed by atoms with E-state index in [2.05, 4.69) is 13.0 Å². The predicted molar refractivity (Wildman–Crippen MR) is 116 cm³/mol. The predicted octanol–water partition coefficient (Wildman–Crippen LogP) is 3.21. The largest absolute Gasteiger partial charge is 0.497 e. The molecular formula is C24H27N3O4. The minimum absolute atomic E-state index is 0.0198. The Labute approximate surface area is 181 Å². The van der Waals surface area contributed by atoms with Gasteiger partial charge in [0.05, 0.1) is 31.2 Å². The normalized spacial score (nSPS) is 20.2. The van der Waals surface area contributed by atoms with Crippen LogP contribution in [-0.2, 0) is 17.7 Å². The quantitative estimate of drug-likeness (QED) is 0.769. The van der Waals surface area contributed by atoms with E-state index in [0.29, 0.717) is 23.6 Å². The first-order valence-electron chi connectivity index (χ1n) is 10.7. The highest BCUT2D eigenvalue weighted by Crippen LogP contribution is 2.41. The number of hydrogen-bond donors (Lipinski definition) is 1. The lowest BCUT2D eigenvalue weighted by Gasteiger charge is -2.28. The third-order valence-electron chi connectivity index (χ3n) is 5.93. The molecule has 162 valence electrons. The molecule has 31 heavy (non-hydrogen) atoms. The number of allylic oxidation sites excluding steroid dienone is 1. The molecule has 1 saturated heterocycles. The van der Waals surface area contributed by atoms with Crippen molar-refractivity contribution in [3.8, 4) is 17.6 Å². The molecule has 2 atom stereocenters. The van der Waals surface area contributed by atoms with Crippen LogP contribution in [0.1, 0.15) is 48.9 Å². The number of methoxy groups -OCH3 is 1. The van der Waals surface area contributed by atoms with Crippen LogP contribution < -0.4 is 20.8 Å². The Hall–Kier alpha value is -3.24. The zero-order valence-corrected chi connectivity index (χ0v) is 17.9. The minimum atomic E-state index is -0.599. The van der Waals surface area contributed by atoms with Crippen molar-refractivity contribution in [2.75, 3.05) is 13.7 Å². The maximum atomic E-state index is 13.8. The Morgan fingerprint density at radius 1 is 1.32 bits per heavy atom. The van der Waals surface area contributed by atoms with E-state index in [-0.39, 0.29) is 23.1 Å². The summed E-state index contributed by atoms with van der Waals surface area (Å²) in [5.41, 5.74) is 8.31. The van der Waals surface area contributed by atoms with Crippen LogP contribution in [0.5, 0.6) is 11.5 Å². The Morgan fingerprint density at radius 2 is 2.10 bits per heavy atom. The van der Waals surface area contributed by atoms with Gasteiger partial charge in [-0.15, -0.1) is 0 Å². The summed E-state index contributed by atoms with van der Waals surface area (Å²) >= 11 is 0. The van der Waals surface area contributed by atoms with Gasteiger partial charge >= 0.3 is 0 Å². The number of fused-ring (bicyclic) bond motifs is 1. The summed E-state index contributed by atoms with van der Waals surface area (Å²) in [6, 6.07) is 11.4. The molecule has 2 N–H and O–H groups in total. The third-order valence-corrected chi connectivity index (χ3v) is 5.93. The number of benzene rings is 1. The van der Waals surface area contributed by atoms with E-state index in [4.69, 9.17) is 19.9 Å². The zero-order valence-electron chi connectivity index (χ0n) is 17.9. The van der Waals surface area contributed by atoms with Crippen LogP contribution >= 0.6 is 0 Å². The number of nitriles is 1. The van der Waals surface area contributed by atoms with Crippen molar-refractivity contribution in [1.29, 1.82) is 5.26 Å². The van der Waals surface area contributed by atoms with Crippen LogP contribution in [0.15, 0.2) is 46.6 Å². The van der Waals surface area contributed by atoms with E-state index >= 15 is 0 Å². The highest BCUT2D eigenvalue weighted by Gasteiger charge is 2.35. The van der Waals surface area contributed by atoms with Crippen molar-refractivity contribution in [1.82, 2.24) is 4.57 Å². The average Bonchev–Trinajstić information content (AvgIpc) is 3.29. The van der Waals surface area contributed by atoms with Gasteiger partial charge in [-0.25, -0.2) is 0 Å². The molecule has 0 amide bonds. The van der Waals surface area contributed by atoms with Gasteiger partial charge in [0.15, 0.2) is 0 Å². The van der Waals surface area contributed by atoms with Crippen LogP contribution in [0.25, 0.3) is 0 Å². The van der Waals surface area contributed by atoms with E-state index in [1.54, 1.807) is 11.7 Å². The molecule has 4 rings (SSSR count). The molecule has 2 unspecified atom stereocenters. The van der Waals surface area contributed by atoms with Crippen molar-refractivity contribution in [2.45, 2.75) is 51.2 Å². The molecule has 0 aliphatic carbocycles. The lowest BCUT2D eigenvalue weighted by molar-refractivity contribution is 0.0952. The first kappa shape index (κ1) is 21.0. The van der Waals surface area contributed by atoms with Gasteiger partial charge in [0.25, 0.3) is 5.56 Å². The van der Waals surface area contributed by atoms with Gasteiger partial charge in [0, 0.05) is 18.4 Å². The molecule has 0 radical (unpaired) electrons. The third kappa shape index (κ3) is 3.91. The smallest absolute Gasteiger partial charge is 0.258 e. The topological polar surface area (TPSA) is 99.5 Å². The number of aromatic nitrogens is 1. The molecule has 0 bridgehead atoms. The van der Waals surface area contributed by atoms with Gasteiger partial charge in [-0.3, -0.25) is 4.79 Å². The van der Waals surface area contributed by atoms with Crippen LogP contribution in [0.2, 0.25) is 0 Å². The van der Waals surface area contributed by atoms with Crippen molar-refractivity contribution in [3.63, 3.8) is 0 Å². The molecule has 2 aliphatic heterocycles. The maximum Gasteiger partial charge on any atom is 0.258 e. The van der Waals surface area contributed by atoms with Crippen LogP contribution in [0, 0.1) is 11.3 Å². The molecule has 2 aromatic rings. The summed E-state index contributed by atoms with van der Waals surface area (Å²) < 4.78 is 18.6. The van der Waals surface area contributed by atoms with Gasteiger partial charge in [0.2, 0.25) is 5.88 Å². The number of pyridine rings is 1. The van der Waals surface area contributed by atoms with Crippen molar-refractivity contribution in [3.05, 3.63) is 69.0 Å². The van der Waals surface area contributed by atoms with E-state index in [1.165, 1.54) is 0 Å². The van der Waals surface area contributed by atoms with Gasteiger partial charge < -0.3 is 24.5 Å². The molecule has 1 fully saturated rings. The number of aryl methyl sites for hydroxylation is 1. The average molecular weight is 421 g/mol. The highest BCUT2D eigenvalue weighted by molar-refractivity contribution is 5.55. The monoisotopic (exact) mass is 421 g/mol. The molecule has 0 spiro atoms. The van der Waals surface area contributed by atoms with Crippen molar-refractivity contribution < 1.29 is 14.2 Å². The van der Waals surface area contributed by atoms with E-state index in [1.807, 2.05) is 30.3 Å². The summed E-state index contributed by atoms with van der Waals surface area (Å²) in [4.78, 5) is 13.8. The summed E-state index contributed by atoms with van der Waals surface area (Å²) in [6.07, 6.45) is 3.58. The summed E-state index contributed by atoms with van der Waals surface area (Å²) in [5, 5.41) is 9.83. The SMILES string of the molecule is CCCc1cc2c(c(=O)n1CC1CCCO1)C(c1ccc(OC)cc1)C(C#N)=C(N)O2. The lowest BCUT2D eigenvalue weighted by Crippen LogP contribution is -2.35. The standard InChI is InChI=1S/C24H27N3O4/c1-3-5-16-12-20-22(24(28)27(16)14-18-6-4-11-30-18)21(19(13-25)23(26)31-20)15-7-9-17(29-2)10-8-15/h7-10,12,18,21H,3-6,11,14,26H2,1-2H3. The van der Waals surface area contributed by atoms with Crippen molar-refractivity contribution in [2.24, 2.45) is 5.73 Å². The van der Waals surface area contributed by atoms with Crippen LogP contribution in [-0.4, -0.2) is 24.4 Å². The van der Waals surface area contributed by atoms with E-state index in [0.717, 1.165) is 43.5 Å². The minimum Gasteiger partial charge on any atom is -0.497 e. The first-order valence-corrected chi connectivity index (χ1v) is 10.7. The Balaban J connectivity index is 1.89. The van der Waals surface area contributed by atoms with Crippen LogP contribution in [0.4, 0.5) is 0 Å². The van der Waals surface area contributed by atoms with Gasteiger partial charge in [-0.2, -0.15) is 5.26 Å². The molecule has 1 aromatic carbocycles. The number of nitrogens with zero attached hydrogens (tertiary/aromatic N) is 2. The molecule has 7 nitrogen and oxygen atoms in total. The first-order chi connectivity index (χ1) is 15.1. The fourth-order valence-corrected chi connectivity index (χ4v) is 4.40. The molecular weight excluding hydrogens is 394 g/mol. The van der Waals surface area contributed by atoms with Crippen LogP contribution in [0.3, 0.4) is 0 Å². The summed E-state index contributed by atoms with van der Waals surface area (Å²) in [7, 11) is 1.59. The molecule has 0 saturated carbocycles. The summed E-state index contributed by atoms with van der Waals surface area (Å²) in [5.74, 6) is 0.558. The molecule has 7 heteroatoms. The molecule has 2 aliphatic rings. The number of rotatable bonds is 6. The fraction of sp³-hybridized carbons (Fsp3) is 0.417. The molecule has 1 aromatic heterocycles. The van der Waals surface area contributed by atoms with Gasteiger partial charge in [-0.05, 0) is 37.0 Å². The second-order valence-electron chi connectivity index (χ2n) is 7.91. The van der Waals surface area contributed by atoms with Gasteiger partial charge in [-0.1, -0.05) is 25.5 Å². The lowest BCUT2D eigenvalue weighted by atomic mass is 9.84. The highest BCUT2D eigenvalue weighted by atomic mass is 16.5. The summed E-state index contributed by atoms with van der Waals surface area (Å²) in [6.45, 7) is 3.30. The fourth-order valence-electron chi connectivity index (χ4n) is 4.40. The van der Waals surface area contributed by atoms with Crippen molar-refractivity contribution >= 4 is 0 Å². The zero-order chi connectivity index (χ0) is 22.0. The second-order valence-corrected chi connectivity index (χ2v) is 7.91.